The van der Waals surface area contributed by atoms with Crippen molar-refractivity contribution in [1.82, 2.24) is 4.57 Å². The Bertz CT molecular complexity index is 689. The summed E-state index contributed by atoms with van der Waals surface area (Å²) in [5.41, 5.74) is 7.84. The lowest BCUT2D eigenvalue weighted by atomic mass is 10.0. The van der Waals surface area contributed by atoms with Crippen molar-refractivity contribution in [3.05, 3.63) is 33.6 Å². The predicted octanol–water partition coefficient (Wildman–Crippen LogP) is 1.32. The molecular weight excluding hydrogens is 244 g/mol. The SMILES string of the molecule is COc1cc(OC)c2c(C)c(CN)c(=O)n(C)c2c1. The highest BCUT2D eigenvalue weighted by Gasteiger charge is 2.15. The summed E-state index contributed by atoms with van der Waals surface area (Å²) in [7, 11) is 4.91. The minimum absolute atomic E-state index is 0.0807. The van der Waals surface area contributed by atoms with Gasteiger partial charge in [0.05, 0.1) is 19.7 Å². The Balaban J connectivity index is 3.02. The van der Waals surface area contributed by atoms with Crippen molar-refractivity contribution in [2.24, 2.45) is 12.8 Å². The van der Waals surface area contributed by atoms with Crippen molar-refractivity contribution in [1.29, 1.82) is 0 Å². The van der Waals surface area contributed by atoms with Crippen molar-refractivity contribution in [2.45, 2.75) is 13.5 Å². The lowest BCUT2D eigenvalue weighted by Crippen LogP contribution is -2.25. The van der Waals surface area contributed by atoms with E-state index in [1.54, 1.807) is 31.9 Å². The number of aryl methyl sites for hydroxylation is 2. The van der Waals surface area contributed by atoms with Gasteiger partial charge in [-0.05, 0) is 12.5 Å². The van der Waals surface area contributed by atoms with Crippen LogP contribution in [0.2, 0.25) is 0 Å². The fourth-order valence-electron chi connectivity index (χ4n) is 2.36. The molecule has 0 aliphatic carbocycles. The number of pyridine rings is 1. The third kappa shape index (κ3) is 1.96. The summed E-state index contributed by atoms with van der Waals surface area (Å²) in [6.07, 6.45) is 0. The van der Waals surface area contributed by atoms with E-state index >= 15 is 0 Å². The average molecular weight is 262 g/mol. The van der Waals surface area contributed by atoms with E-state index < -0.39 is 0 Å². The van der Waals surface area contributed by atoms with Crippen LogP contribution in [0.5, 0.6) is 11.5 Å². The first-order chi connectivity index (χ1) is 9.04. The minimum Gasteiger partial charge on any atom is -0.497 e. The summed E-state index contributed by atoms with van der Waals surface area (Å²) in [6, 6.07) is 3.63. The molecule has 0 saturated carbocycles. The zero-order chi connectivity index (χ0) is 14.2. The molecule has 1 heterocycles. The number of methoxy groups -OCH3 is 2. The van der Waals surface area contributed by atoms with Gasteiger partial charge in [-0.3, -0.25) is 4.79 Å². The Morgan fingerprint density at radius 1 is 1.26 bits per heavy atom. The molecule has 2 N–H and O–H groups in total. The molecule has 102 valence electrons. The third-order valence-corrected chi connectivity index (χ3v) is 3.47. The predicted molar refractivity (Wildman–Crippen MR) is 74.9 cm³/mol. The summed E-state index contributed by atoms with van der Waals surface area (Å²) in [5, 5.41) is 0.894. The largest absolute Gasteiger partial charge is 0.497 e. The second-order valence-electron chi connectivity index (χ2n) is 4.40. The molecule has 0 aliphatic heterocycles. The maximum absolute atomic E-state index is 12.2. The number of hydrogen-bond donors (Lipinski definition) is 1. The van der Waals surface area contributed by atoms with E-state index in [1.807, 2.05) is 13.0 Å². The van der Waals surface area contributed by atoms with Gasteiger partial charge in [0, 0.05) is 36.7 Å². The molecule has 0 radical (unpaired) electrons. The van der Waals surface area contributed by atoms with Gasteiger partial charge < -0.3 is 19.8 Å². The van der Waals surface area contributed by atoms with Gasteiger partial charge in [0.2, 0.25) is 0 Å². The van der Waals surface area contributed by atoms with Crippen molar-refractivity contribution in [3.63, 3.8) is 0 Å². The number of fused-ring (bicyclic) bond motifs is 1. The molecule has 0 spiro atoms. The fraction of sp³-hybridized carbons (Fsp3) is 0.357. The van der Waals surface area contributed by atoms with Crippen LogP contribution >= 0.6 is 0 Å². The molecule has 0 amide bonds. The van der Waals surface area contributed by atoms with Crippen molar-refractivity contribution >= 4 is 10.9 Å². The summed E-state index contributed by atoms with van der Waals surface area (Å²) in [6.45, 7) is 2.10. The third-order valence-electron chi connectivity index (χ3n) is 3.47. The smallest absolute Gasteiger partial charge is 0.255 e. The van der Waals surface area contributed by atoms with Gasteiger partial charge in [-0.25, -0.2) is 0 Å². The Morgan fingerprint density at radius 3 is 2.47 bits per heavy atom. The maximum Gasteiger partial charge on any atom is 0.255 e. The van der Waals surface area contributed by atoms with E-state index in [4.69, 9.17) is 15.2 Å². The van der Waals surface area contributed by atoms with E-state index in [1.165, 1.54) is 0 Å². The average Bonchev–Trinajstić information content (AvgIpc) is 2.44. The topological polar surface area (TPSA) is 66.5 Å². The number of ether oxygens (including phenoxy) is 2. The van der Waals surface area contributed by atoms with Gasteiger partial charge >= 0.3 is 0 Å². The van der Waals surface area contributed by atoms with Crippen molar-refractivity contribution in [2.75, 3.05) is 14.2 Å². The first-order valence-electron chi connectivity index (χ1n) is 5.99. The molecule has 2 rings (SSSR count). The highest BCUT2D eigenvalue weighted by molar-refractivity contribution is 5.90. The van der Waals surface area contributed by atoms with Crippen LogP contribution in [0.15, 0.2) is 16.9 Å². The number of nitrogens with zero attached hydrogens (tertiary/aromatic N) is 1. The van der Waals surface area contributed by atoms with Crippen LogP contribution in [-0.4, -0.2) is 18.8 Å². The quantitative estimate of drug-likeness (QED) is 0.906. The van der Waals surface area contributed by atoms with Crippen LogP contribution in [0.1, 0.15) is 11.1 Å². The Morgan fingerprint density at radius 2 is 1.95 bits per heavy atom. The molecular formula is C14H18N2O3. The number of nitrogens with two attached hydrogens (primary N) is 1. The van der Waals surface area contributed by atoms with Crippen molar-refractivity contribution < 1.29 is 9.47 Å². The zero-order valence-electron chi connectivity index (χ0n) is 11.6. The summed E-state index contributed by atoms with van der Waals surface area (Å²) < 4.78 is 12.2. The summed E-state index contributed by atoms with van der Waals surface area (Å²) in [5.74, 6) is 1.33. The second kappa shape index (κ2) is 4.93. The van der Waals surface area contributed by atoms with Crippen LogP contribution in [-0.2, 0) is 13.6 Å². The lowest BCUT2D eigenvalue weighted by molar-refractivity contribution is 0.397. The van der Waals surface area contributed by atoms with Gasteiger partial charge in [-0.15, -0.1) is 0 Å². The van der Waals surface area contributed by atoms with Crippen molar-refractivity contribution in [3.8, 4) is 11.5 Å². The van der Waals surface area contributed by atoms with E-state index in [9.17, 15) is 4.79 Å². The van der Waals surface area contributed by atoms with Crippen LogP contribution in [0, 0.1) is 6.92 Å². The van der Waals surface area contributed by atoms with E-state index in [-0.39, 0.29) is 12.1 Å². The Hall–Kier alpha value is -2.01. The standard InChI is InChI=1S/C14H18N2O3/c1-8-10(7-15)14(17)16(2)11-5-9(18-3)6-12(19-4)13(8)11/h5-6H,7,15H2,1-4H3. The fourth-order valence-corrected chi connectivity index (χ4v) is 2.36. The molecule has 1 aromatic carbocycles. The highest BCUT2D eigenvalue weighted by Crippen LogP contribution is 2.33. The first-order valence-corrected chi connectivity index (χ1v) is 5.99. The molecule has 5 heteroatoms. The normalized spacial score (nSPS) is 10.8. The number of benzene rings is 1. The molecule has 1 aromatic heterocycles. The number of rotatable bonds is 3. The Kier molecular flexibility index (Phi) is 3.48. The molecule has 0 bridgehead atoms. The monoisotopic (exact) mass is 262 g/mol. The lowest BCUT2D eigenvalue weighted by Gasteiger charge is -2.16. The van der Waals surface area contributed by atoms with Gasteiger partial charge in [0.15, 0.2) is 0 Å². The van der Waals surface area contributed by atoms with Crippen LogP contribution in [0.3, 0.4) is 0 Å². The van der Waals surface area contributed by atoms with Crippen LogP contribution in [0.4, 0.5) is 0 Å². The summed E-state index contributed by atoms with van der Waals surface area (Å²) in [4.78, 5) is 12.2. The van der Waals surface area contributed by atoms with Crippen LogP contribution in [0.25, 0.3) is 10.9 Å². The maximum atomic E-state index is 12.2. The molecule has 0 atom stereocenters. The molecule has 0 saturated heterocycles. The summed E-state index contributed by atoms with van der Waals surface area (Å²) >= 11 is 0. The molecule has 2 aromatic rings. The molecule has 0 aliphatic rings. The molecule has 0 unspecified atom stereocenters. The molecule has 0 fully saturated rings. The number of hydrogen-bond acceptors (Lipinski definition) is 4. The number of aromatic nitrogens is 1. The molecule has 5 nitrogen and oxygen atoms in total. The zero-order valence-corrected chi connectivity index (χ0v) is 11.6. The van der Waals surface area contributed by atoms with Gasteiger partial charge in [-0.2, -0.15) is 0 Å². The van der Waals surface area contributed by atoms with Gasteiger partial charge in [0.25, 0.3) is 5.56 Å². The van der Waals surface area contributed by atoms with E-state index in [0.29, 0.717) is 17.1 Å². The van der Waals surface area contributed by atoms with Gasteiger partial charge in [0.1, 0.15) is 11.5 Å². The first kappa shape index (κ1) is 13.4. The van der Waals surface area contributed by atoms with Crippen LogP contribution < -0.4 is 20.8 Å². The minimum atomic E-state index is -0.0807. The molecule has 19 heavy (non-hydrogen) atoms. The van der Waals surface area contributed by atoms with E-state index in [2.05, 4.69) is 0 Å². The van der Waals surface area contributed by atoms with Gasteiger partial charge in [-0.1, -0.05) is 0 Å². The Labute approximate surface area is 111 Å². The highest BCUT2D eigenvalue weighted by atomic mass is 16.5. The second-order valence-corrected chi connectivity index (χ2v) is 4.40. The van der Waals surface area contributed by atoms with E-state index in [0.717, 1.165) is 16.5 Å².